The van der Waals surface area contributed by atoms with Gasteiger partial charge in [0.05, 0.1) is 11.5 Å². The van der Waals surface area contributed by atoms with E-state index in [1.807, 2.05) is 20.8 Å². The Morgan fingerprint density at radius 1 is 1.41 bits per heavy atom. The van der Waals surface area contributed by atoms with Crippen molar-refractivity contribution in [2.75, 3.05) is 11.9 Å². The summed E-state index contributed by atoms with van der Waals surface area (Å²) in [6, 6.07) is 0.101. The minimum Gasteiger partial charge on any atom is -0.473 e. The van der Waals surface area contributed by atoms with Gasteiger partial charge in [-0.1, -0.05) is 20.3 Å². The number of unbranched alkanes of at least 4 members (excludes halogenated alkanes) is 1. The van der Waals surface area contributed by atoms with Gasteiger partial charge in [-0.3, -0.25) is 10.1 Å². The van der Waals surface area contributed by atoms with E-state index >= 15 is 0 Å². The van der Waals surface area contributed by atoms with Gasteiger partial charge in [0.1, 0.15) is 5.82 Å². The van der Waals surface area contributed by atoms with Crippen LogP contribution in [0.15, 0.2) is 0 Å². The zero-order valence-corrected chi connectivity index (χ0v) is 13.5. The van der Waals surface area contributed by atoms with Crippen LogP contribution in [0.4, 0.5) is 11.5 Å². The average Bonchev–Trinajstić information content (AvgIpc) is 3.31. The maximum atomic E-state index is 11.4. The van der Waals surface area contributed by atoms with Crippen molar-refractivity contribution in [1.29, 1.82) is 0 Å². The van der Waals surface area contributed by atoms with Gasteiger partial charge in [-0.05, 0) is 32.6 Å². The Balaban J connectivity index is 2.36. The van der Waals surface area contributed by atoms with E-state index < -0.39 is 4.92 Å². The van der Waals surface area contributed by atoms with Crippen molar-refractivity contribution < 1.29 is 9.66 Å². The van der Waals surface area contributed by atoms with Crippen LogP contribution in [0.5, 0.6) is 5.88 Å². The summed E-state index contributed by atoms with van der Waals surface area (Å²) >= 11 is 0. The van der Waals surface area contributed by atoms with E-state index in [1.165, 1.54) is 0 Å². The molecule has 1 aliphatic rings. The molecule has 0 amide bonds. The predicted molar refractivity (Wildman–Crippen MR) is 84.4 cm³/mol. The molecule has 0 radical (unpaired) electrons. The van der Waals surface area contributed by atoms with Crippen LogP contribution in [0, 0.1) is 10.1 Å². The number of ether oxygens (including phenoxy) is 1. The van der Waals surface area contributed by atoms with Gasteiger partial charge in [-0.15, -0.1) is 0 Å². The molecule has 22 heavy (non-hydrogen) atoms. The fourth-order valence-electron chi connectivity index (χ4n) is 1.99. The van der Waals surface area contributed by atoms with Crippen molar-refractivity contribution in [3.63, 3.8) is 0 Å². The van der Waals surface area contributed by atoms with E-state index in [0.717, 1.165) is 32.1 Å². The number of aromatic nitrogens is 2. The molecule has 2 rings (SSSR count). The normalized spacial score (nSPS) is 15.4. The van der Waals surface area contributed by atoms with E-state index in [9.17, 15) is 10.1 Å². The summed E-state index contributed by atoms with van der Waals surface area (Å²) in [5, 5.41) is 14.6. The summed E-state index contributed by atoms with van der Waals surface area (Å²) in [5.41, 5.74) is -0.152. The van der Waals surface area contributed by atoms with Crippen LogP contribution in [0.25, 0.3) is 0 Å². The molecule has 0 aliphatic heterocycles. The zero-order valence-electron chi connectivity index (χ0n) is 13.5. The first-order chi connectivity index (χ1) is 10.6. The van der Waals surface area contributed by atoms with Gasteiger partial charge in [-0.25, -0.2) is 4.98 Å². The molecule has 1 fully saturated rings. The molecule has 7 nitrogen and oxygen atoms in total. The van der Waals surface area contributed by atoms with Gasteiger partial charge in [0.25, 0.3) is 5.88 Å². The lowest BCUT2D eigenvalue weighted by Gasteiger charge is -2.15. The van der Waals surface area contributed by atoms with Crippen LogP contribution >= 0.6 is 0 Å². The number of rotatable bonds is 9. The number of nitrogens with one attached hydrogen (secondary N) is 1. The highest BCUT2D eigenvalue weighted by atomic mass is 16.6. The Morgan fingerprint density at radius 3 is 2.68 bits per heavy atom. The summed E-state index contributed by atoms with van der Waals surface area (Å²) in [6.07, 6.45) is 4.73. The van der Waals surface area contributed by atoms with Crippen molar-refractivity contribution in [3.05, 3.63) is 15.9 Å². The first kappa shape index (κ1) is 16.5. The lowest BCUT2D eigenvalue weighted by atomic mass is 10.2. The molecule has 1 aromatic heterocycles. The van der Waals surface area contributed by atoms with E-state index in [0.29, 0.717) is 18.3 Å². The lowest BCUT2D eigenvalue weighted by Crippen LogP contribution is -2.18. The van der Waals surface area contributed by atoms with Gasteiger partial charge in [-0.2, -0.15) is 4.98 Å². The molecular weight excluding hydrogens is 284 g/mol. The van der Waals surface area contributed by atoms with Crippen molar-refractivity contribution in [2.24, 2.45) is 0 Å². The molecule has 0 aromatic carbocycles. The molecule has 1 aromatic rings. The lowest BCUT2D eigenvalue weighted by molar-refractivity contribution is -0.385. The highest BCUT2D eigenvalue weighted by Gasteiger charge is 2.33. The molecule has 0 bridgehead atoms. The van der Waals surface area contributed by atoms with Crippen LogP contribution in [0.1, 0.15) is 64.6 Å². The van der Waals surface area contributed by atoms with Crippen molar-refractivity contribution in [3.8, 4) is 5.88 Å². The second kappa shape index (κ2) is 7.38. The van der Waals surface area contributed by atoms with Crippen LogP contribution in [-0.2, 0) is 0 Å². The molecule has 1 atom stereocenters. The minimum absolute atomic E-state index is 0.0983. The third-order valence-electron chi connectivity index (χ3n) is 3.73. The second-order valence-electron chi connectivity index (χ2n) is 5.77. The maximum Gasteiger partial charge on any atom is 0.372 e. The number of nitrogens with zero attached hydrogens (tertiary/aromatic N) is 3. The number of hydrogen-bond acceptors (Lipinski definition) is 6. The number of anilines is 1. The molecule has 1 unspecified atom stereocenters. The molecule has 7 heteroatoms. The van der Waals surface area contributed by atoms with E-state index in [-0.39, 0.29) is 23.4 Å². The second-order valence-corrected chi connectivity index (χ2v) is 5.77. The highest BCUT2D eigenvalue weighted by molar-refractivity contribution is 5.62. The van der Waals surface area contributed by atoms with E-state index in [1.54, 1.807) is 0 Å². The molecule has 1 heterocycles. The minimum atomic E-state index is -0.456. The van der Waals surface area contributed by atoms with Gasteiger partial charge in [0, 0.05) is 12.0 Å². The van der Waals surface area contributed by atoms with E-state index in [2.05, 4.69) is 15.3 Å². The molecule has 0 saturated heterocycles. The van der Waals surface area contributed by atoms with Crippen molar-refractivity contribution >= 4 is 11.5 Å². The van der Waals surface area contributed by atoms with Crippen LogP contribution in [-0.4, -0.2) is 27.5 Å². The van der Waals surface area contributed by atoms with Crippen LogP contribution in [0.3, 0.4) is 0 Å². The molecule has 122 valence electrons. The molecule has 1 saturated carbocycles. The van der Waals surface area contributed by atoms with Crippen molar-refractivity contribution in [1.82, 2.24) is 9.97 Å². The van der Waals surface area contributed by atoms with Crippen molar-refractivity contribution in [2.45, 2.75) is 64.8 Å². The molecule has 1 aliphatic carbocycles. The Hall–Kier alpha value is -1.92. The Labute approximate surface area is 130 Å². The molecule has 0 spiro atoms. The monoisotopic (exact) mass is 308 g/mol. The first-order valence-electron chi connectivity index (χ1n) is 8.02. The largest absolute Gasteiger partial charge is 0.473 e. The smallest absolute Gasteiger partial charge is 0.372 e. The highest BCUT2D eigenvalue weighted by Crippen LogP contribution is 2.42. The van der Waals surface area contributed by atoms with Gasteiger partial charge >= 0.3 is 5.69 Å². The SMILES string of the molecule is CCCCOc1nc(C2CC2)nc(NC(C)CC)c1[N+](=O)[O-]. The Morgan fingerprint density at radius 2 is 2.14 bits per heavy atom. The van der Waals surface area contributed by atoms with E-state index in [4.69, 9.17) is 4.74 Å². The third kappa shape index (κ3) is 4.05. The van der Waals surface area contributed by atoms with Crippen LogP contribution < -0.4 is 10.1 Å². The summed E-state index contributed by atoms with van der Waals surface area (Å²) in [5.74, 6) is 1.35. The quantitative estimate of drug-likeness (QED) is 0.425. The van der Waals surface area contributed by atoms with Gasteiger partial charge in [0.15, 0.2) is 0 Å². The average molecular weight is 308 g/mol. The number of hydrogen-bond donors (Lipinski definition) is 1. The predicted octanol–water partition coefficient (Wildman–Crippen LogP) is 3.65. The molecular formula is C15H24N4O3. The van der Waals surface area contributed by atoms with Gasteiger partial charge < -0.3 is 10.1 Å². The Kier molecular flexibility index (Phi) is 5.51. The third-order valence-corrected chi connectivity index (χ3v) is 3.73. The fraction of sp³-hybridized carbons (Fsp3) is 0.733. The summed E-state index contributed by atoms with van der Waals surface area (Å²) in [4.78, 5) is 19.7. The van der Waals surface area contributed by atoms with Gasteiger partial charge in [0.2, 0.25) is 5.82 Å². The standard InChI is InChI=1S/C15H24N4O3/c1-4-6-9-22-15-12(19(20)21)14(16-10(3)5-2)17-13(18-15)11-7-8-11/h10-11H,4-9H2,1-3H3,(H,16,17,18). The maximum absolute atomic E-state index is 11.4. The number of nitro groups is 1. The summed E-state index contributed by atoms with van der Waals surface area (Å²) in [6.45, 7) is 6.47. The topological polar surface area (TPSA) is 90.2 Å². The summed E-state index contributed by atoms with van der Waals surface area (Å²) < 4.78 is 5.58. The zero-order chi connectivity index (χ0) is 16.1. The Bertz CT molecular complexity index is 532. The fourth-order valence-corrected chi connectivity index (χ4v) is 1.99. The van der Waals surface area contributed by atoms with Crippen LogP contribution in [0.2, 0.25) is 0 Å². The summed E-state index contributed by atoms with van der Waals surface area (Å²) in [7, 11) is 0. The molecule has 1 N–H and O–H groups in total. The first-order valence-corrected chi connectivity index (χ1v) is 8.02.